The SMILES string of the molecule is CC(C)CCn1c(CN2C[C@H](C)C[C@H](C)C2)nc2c1c(=O)n(C)c(=O)n2C. The van der Waals surface area contributed by atoms with Crippen molar-refractivity contribution in [1.82, 2.24) is 23.6 Å². The van der Waals surface area contributed by atoms with Gasteiger partial charge in [-0.15, -0.1) is 0 Å². The van der Waals surface area contributed by atoms with Crippen molar-refractivity contribution in [2.45, 2.75) is 53.6 Å². The summed E-state index contributed by atoms with van der Waals surface area (Å²) in [5.41, 5.74) is 0.470. The van der Waals surface area contributed by atoms with Crippen LogP contribution in [0.2, 0.25) is 0 Å². The third kappa shape index (κ3) is 3.88. The van der Waals surface area contributed by atoms with Gasteiger partial charge in [0.25, 0.3) is 5.56 Å². The Morgan fingerprint density at radius 1 is 1.07 bits per heavy atom. The molecule has 0 spiro atoms. The van der Waals surface area contributed by atoms with Gasteiger partial charge in [0.2, 0.25) is 0 Å². The van der Waals surface area contributed by atoms with E-state index in [1.807, 2.05) is 0 Å². The number of piperidine rings is 1. The first kappa shape index (κ1) is 19.9. The largest absolute Gasteiger partial charge is 0.332 e. The molecule has 2 atom stereocenters. The van der Waals surface area contributed by atoms with Crippen LogP contribution in [0.3, 0.4) is 0 Å². The van der Waals surface area contributed by atoms with Crippen LogP contribution in [-0.4, -0.2) is 36.7 Å². The molecule has 2 aromatic rings. The van der Waals surface area contributed by atoms with E-state index in [4.69, 9.17) is 4.98 Å². The summed E-state index contributed by atoms with van der Waals surface area (Å²) in [6.45, 7) is 12.5. The van der Waals surface area contributed by atoms with Gasteiger partial charge in [-0.1, -0.05) is 27.7 Å². The lowest BCUT2D eigenvalue weighted by atomic mass is 9.92. The van der Waals surface area contributed by atoms with E-state index in [1.165, 1.54) is 22.6 Å². The van der Waals surface area contributed by atoms with Crippen molar-refractivity contribution in [2.24, 2.45) is 31.8 Å². The van der Waals surface area contributed by atoms with Gasteiger partial charge in [0.15, 0.2) is 11.2 Å². The molecule has 0 saturated carbocycles. The number of fused-ring (bicyclic) bond motifs is 1. The quantitative estimate of drug-likeness (QED) is 0.801. The van der Waals surface area contributed by atoms with E-state index in [0.717, 1.165) is 38.4 Å². The zero-order chi connectivity index (χ0) is 19.9. The molecule has 150 valence electrons. The summed E-state index contributed by atoms with van der Waals surface area (Å²) >= 11 is 0. The highest BCUT2D eigenvalue weighted by molar-refractivity contribution is 5.71. The molecule has 1 saturated heterocycles. The zero-order valence-corrected chi connectivity index (χ0v) is 17.5. The summed E-state index contributed by atoms with van der Waals surface area (Å²) in [7, 11) is 3.23. The first-order valence-corrected chi connectivity index (χ1v) is 10.1. The molecule has 0 aliphatic carbocycles. The average molecular weight is 376 g/mol. The number of hydrogen-bond acceptors (Lipinski definition) is 4. The molecule has 0 amide bonds. The smallest absolute Gasteiger partial charge is 0.321 e. The molecule has 0 N–H and O–H groups in total. The standard InChI is InChI=1S/C20H33N5O2/c1-13(2)7-8-25-16(12-24-10-14(3)9-15(4)11-24)21-18-17(25)19(26)23(6)20(27)22(18)5/h13-15H,7-12H2,1-6H3/t14-,15+. The lowest BCUT2D eigenvalue weighted by Crippen LogP contribution is -2.39. The van der Waals surface area contributed by atoms with Crippen LogP contribution >= 0.6 is 0 Å². The van der Waals surface area contributed by atoms with Crippen molar-refractivity contribution in [1.29, 1.82) is 0 Å². The third-order valence-electron chi connectivity index (χ3n) is 5.67. The van der Waals surface area contributed by atoms with E-state index in [-0.39, 0.29) is 11.2 Å². The minimum atomic E-state index is -0.326. The first-order chi connectivity index (χ1) is 12.7. The van der Waals surface area contributed by atoms with Crippen LogP contribution in [0.4, 0.5) is 0 Å². The number of likely N-dealkylation sites (tertiary alicyclic amines) is 1. The summed E-state index contributed by atoms with van der Waals surface area (Å²) in [4.78, 5) is 32.4. The van der Waals surface area contributed by atoms with Crippen molar-refractivity contribution in [2.75, 3.05) is 13.1 Å². The van der Waals surface area contributed by atoms with Crippen molar-refractivity contribution in [3.8, 4) is 0 Å². The maximum atomic E-state index is 12.9. The molecular weight excluding hydrogens is 342 g/mol. The topological polar surface area (TPSA) is 65.1 Å². The van der Waals surface area contributed by atoms with Gasteiger partial charge in [0.1, 0.15) is 5.82 Å². The molecule has 0 aromatic carbocycles. The average Bonchev–Trinajstić information content (AvgIpc) is 2.93. The summed E-state index contributed by atoms with van der Waals surface area (Å²) in [5.74, 6) is 2.76. The zero-order valence-electron chi connectivity index (χ0n) is 17.5. The highest BCUT2D eigenvalue weighted by atomic mass is 16.2. The molecular formula is C20H33N5O2. The fraction of sp³-hybridized carbons (Fsp3) is 0.750. The van der Waals surface area contributed by atoms with Crippen LogP contribution in [0, 0.1) is 17.8 Å². The highest BCUT2D eigenvalue weighted by Gasteiger charge is 2.25. The van der Waals surface area contributed by atoms with Crippen molar-refractivity contribution in [3.63, 3.8) is 0 Å². The van der Waals surface area contributed by atoms with Gasteiger partial charge in [-0.3, -0.25) is 18.8 Å². The van der Waals surface area contributed by atoms with Crippen LogP contribution in [0.5, 0.6) is 0 Å². The van der Waals surface area contributed by atoms with E-state index in [1.54, 1.807) is 7.05 Å². The van der Waals surface area contributed by atoms with E-state index >= 15 is 0 Å². The third-order valence-corrected chi connectivity index (χ3v) is 5.67. The van der Waals surface area contributed by atoms with E-state index in [0.29, 0.717) is 28.9 Å². The Balaban J connectivity index is 2.09. The summed E-state index contributed by atoms with van der Waals surface area (Å²) < 4.78 is 4.74. The molecule has 27 heavy (non-hydrogen) atoms. The van der Waals surface area contributed by atoms with Crippen LogP contribution in [0.15, 0.2) is 9.59 Å². The lowest BCUT2D eigenvalue weighted by Gasteiger charge is -2.34. The molecule has 3 heterocycles. The van der Waals surface area contributed by atoms with Crippen molar-refractivity contribution in [3.05, 3.63) is 26.7 Å². The molecule has 2 aromatic heterocycles. The maximum Gasteiger partial charge on any atom is 0.332 e. The molecule has 0 bridgehead atoms. The van der Waals surface area contributed by atoms with Gasteiger partial charge >= 0.3 is 5.69 Å². The normalized spacial score (nSPS) is 21.4. The Hall–Kier alpha value is -1.89. The minimum Gasteiger partial charge on any atom is -0.321 e. The number of aromatic nitrogens is 4. The molecule has 0 radical (unpaired) electrons. The molecule has 1 aliphatic rings. The maximum absolute atomic E-state index is 12.9. The molecule has 3 rings (SSSR count). The number of nitrogens with zero attached hydrogens (tertiary/aromatic N) is 5. The van der Waals surface area contributed by atoms with Gasteiger partial charge in [0, 0.05) is 33.7 Å². The molecule has 1 fully saturated rings. The second-order valence-corrected chi connectivity index (χ2v) is 8.88. The molecule has 7 heteroatoms. The van der Waals surface area contributed by atoms with Crippen LogP contribution in [-0.2, 0) is 27.2 Å². The lowest BCUT2D eigenvalue weighted by molar-refractivity contribution is 0.130. The Kier molecular flexibility index (Phi) is 5.60. The van der Waals surface area contributed by atoms with Crippen molar-refractivity contribution >= 4 is 11.2 Å². The van der Waals surface area contributed by atoms with Crippen molar-refractivity contribution < 1.29 is 0 Å². The monoisotopic (exact) mass is 375 g/mol. The van der Waals surface area contributed by atoms with Crippen LogP contribution in [0.1, 0.15) is 46.4 Å². The summed E-state index contributed by atoms with van der Waals surface area (Å²) in [6.07, 6.45) is 2.23. The number of imidazole rings is 1. The van der Waals surface area contributed by atoms with E-state index in [9.17, 15) is 9.59 Å². The number of rotatable bonds is 5. The van der Waals surface area contributed by atoms with E-state index in [2.05, 4.69) is 37.2 Å². The second kappa shape index (κ2) is 7.62. The van der Waals surface area contributed by atoms with Crippen LogP contribution < -0.4 is 11.2 Å². The number of hydrogen-bond donors (Lipinski definition) is 0. The predicted molar refractivity (Wildman–Crippen MR) is 108 cm³/mol. The summed E-state index contributed by atoms with van der Waals surface area (Å²) in [5, 5.41) is 0. The van der Waals surface area contributed by atoms with E-state index < -0.39 is 0 Å². The van der Waals surface area contributed by atoms with Gasteiger partial charge in [-0.2, -0.15) is 0 Å². The van der Waals surface area contributed by atoms with Gasteiger partial charge in [-0.25, -0.2) is 9.78 Å². The Morgan fingerprint density at radius 3 is 2.30 bits per heavy atom. The second-order valence-electron chi connectivity index (χ2n) is 8.88. The minimum absolute atomic E-state index is 0.254. The Labute approximate surface area is 160 Å². The van der Waals surface area contributed by atoms with Gasteiger partial charge in [-0.05, 0) is 30.6 Å². The Bertz CT molecular complexity index is 926. The highest BCUT2D eigenvalue weighted by Crippen LogP contribution is 2.23. The molecule has 1 aliphatic heterocycles. The predicted octanol–water partition coefficient (Wildman–Crippen LogP) is 1.96. The fourth-order valence-corrected chi connectivity index (χ4v) is 4.36. The Morgan fingerprint density at radius 2 is 1.70 bits per heavy atom. The summed E-state index contributed by atoms with van der Waals surface area (Å²) in [6, 6.07) is 0. The fourth-order valence-electron chi connectivity index (χ4n) is 4.36. The van der Waals surface area contributed by atoms with Gasteiger partial charge in [0.05, 0.1) is 6.54 Å². The number of aryl methyl sites for hydroxylation is 2. The van der Waals surface area contributed by atoms with Gasteiger partial charge < -0.3 is 4.57 Å². The van der Waals surface area contributed by atoms with Crippen LogP contribution in [0.25, 0.3) is 11.2 Å². The molecule has 7 nitrogen and oxygen atoms in total. The first-order valence-electron chi connectivity index (χ1n) is 10.1. The molecule has 0 unspecified atom stereocenters.